The second-order valence-corrected chi connectivity index (χ2v) is 3.67. The molecule has 94 valence electrons. The molecule has 2 amide bonds. The molecular formula is C10H17N5O2. The SMILES string of the molecule is Cc1nn(C)cc1CNC(=O)CNC(=O)CN. The Bertz CT molecular complexity index is 413. The number of amides is 2. The van der Waals surface area contributed by atoms with Crippen molar-refractivity contribution in [3.63, 3.8) is 0 Å². The van der Waals surface area contributed by atoms with E-state index in [1.807, 2.05) is 20.2 Å². The summed E-state index contributed by atoms with van der Waals surface area (Å²) >= 11 is 0. The lowest BCUT2D eigenvalue weighted by Crippen LogP contribution is -2.39. The van der Waals surface area contributed by atoms with Crippen LogP contribution in [-0.4, -0.2) is 34.7 Å². The van der Waals surface area contributed by atoms with Gasteiger partial charge in [-0.1, -0.05) is 0 Å². The van der Waals surface area contributed by atoms with Crippen LogP contribution in [0.3, 0.4) is 0 Å². The van der Waals surface area contributed by atoms with Gasteiger partial charge in [-0.3, -0.25) is 14.3 Å². The van der Waals surface area contributed by atoms with Gasteiger partial charge < -0.3 is 16.4 Å². The molecule has 1 aromatic rings. The van der Waals surface area contributed by atoms with Gasteiger partial charge in [-0.2, -0.15) is 5.10 Å². The van der Waals surface area contributed by atoms with Crippen molar-refractivity contribution < 1.29 is 9.59 Å². The summed E-state index contributed by atoms with van der Waals surface area (Å²) in [4.78, 5) is 22.2. The van der Waals surface area contributed by atoms with E-state index in [0.29, 0.717) is 6.54 Å². The highest BCUT2D eigenvalue weighted by molar-refractivity contribution is 5.85. The minimum atomic E-state index is -0.349. The molecule has 0 aliphatic heterocycles. The van der Waals surface area contributed by atoms with Crippen LogP contribution in [-0.2, 0) is 23.2 Å². The molecule has 7 nitrogen and oxygen atoms in total. The van der Waals surface area contributed by atoms with E-state index in [1.165, 1.54) is 0 Å². The Morgan fingerprint density at radius 2 is 2.12 bits per heavy atom. The van der Waals surface area contributed by atoms with Gasteiger partial charge in [0, 0.05) is 25.4 Å². The van der Waals surface area contributed by atoms with Gasteiger partial charge in [-0.25, -0.2) is 0 Å². The number of hydrogen-bond donors (Lipinski definition) is 3. The van der Waals surface area contributed by atoms with E-state index in [9.17, 15) is 9.59 Å². The fourth-order valence-corrected chi connectivity index (χ4v) is 1.33. The molecule has 0 atom stereocenters. The maximum absolute atomic E-state index is 11.4. The summed E-state index contributed by atoms with van der Waals surface area (Å²) in [5.74, 6) is -0.604. The average molecular weight is 239 g/mol. The number of carbonyl (C=O) groups is 2. The van der Waals surface area contributed by atoms with Crippen molar-refractivity contribution in [3.8, 4) is 0 Å². The number of nitrogens with two attached hydrogens (primary N) is 1. The van der Waals surface area contributed by atoms with E-state index in [0.717, 1.165) is 11.3 Å². The maximum atomic E-state index is 11.4. The standard InChI is InChI=1S/C10H17N5O2/c1-7-8(6-15(2)14-7)4-12-10(17)5-13-9(16)3-11/h6H,3-5,11H2,1-2H3,(H,12,17)(H,13,16). The Balaban J connectivity index is 2.33. The maximum Gasteiger partial charge on any atom is 0.239 e. The molecule has 17 heavy (non-hydrogen) atoms. The molecule has 0 aromatic carbocycles. The Labute approximate surface area is 99.4 Å². The van der Waals surface area contributed by atoms with Crippen molar-refractivity contribution in [1.29, 1.82) is 0 Å². The molecule has 0 radical (unpaired) electrons. The predicted octanol–water partition coefficient (Wildman–Crippen LogP) is -1.58. The third kappa shape index (κ3) is 4.23. The number of nitrogens with zero attached hydrogens (tertiary/aromatic N) is 2. The normalized spacial score (nSPS) is 10.1. The fourth-order valence-electron chi connectivity index (χ4n) is 1.33. The quantitative estimate of drug-likeness (QED) is 0.577. The van der Waals surface area contributed by atoms with E-state index >= 15 is 0 Å². The van der Waals surface area contributed by atoms with E-state index in [-0.39, 0.29) is 24.9 Å². The van der Waals surface area contributed by atoms with Gasteiger partial charge in [-0.15, -0.1) is 0 Å². The molecule has 0 aliphatic rings. The lowest BCUT2D eigenvalue weighted by Gasteiger charge is -2.05. The highest BCUT2D eigenvalue weighted by Gasteiger charge is 2.06. The Kier molecular flexibility index (Phi) is 4.65. The summed E-state index contributed by atoms with van der Waals surface area (Å²) in [6.07, 6.45) is 1.84. The molecule has 7 heteroatoms. The average Bonchev–Trinajstić information content (AvgIpc) is 2.62. The van der Waals surface area contributed by atoms with Gasteiger partial charge in [0.25, 0.3) is 0 Å². The van der Waals surface area contributed by atoms with Crippen LogP contribution in [0.25, 0.3) is 0 Å². The Morgan fingerprint density at radius 3 is 2.65 bits per heavy atom. The molecule has 0 saturated carbocycles. The minimum Gasteiger partial charge on any atom is -0.350 e. The van der Waals surface area contributed by atoms with Crippen molar-refractivity contribution >= 4 is 11.8 Å². The monoisotopic (exact) mass is 239 g/mol. The van der Waals surface area contributed by atoms with Gasteiger partial charge in [-0.05, 0) is 6.92 Å². The molecule has 1 rings (SSSR count). The first kappa shape index (κ1) is 13.2. The molecule has 0 fully saturated rings. The lowest BCUT2D eigenvalue weighted by atomic mass is 10.2. The smallest absolute Gasteiger partial charge is 0.239 e. The van der Waals surface area contributed by atoms with Gasteiger partial charge in [0.2, 0.25) is 11.8 Å². The van der Waals surface area contributed by atoms with Crippen molar-refractivity contribution in [1.82, 2.24) is 20.4 Å². The first-order chi connectivity index (χ1) is 8.02. The zero-order valence-corrected chi connectivity index (χ0v) is 9.99. The fraction of sp³-hybridized carbons (Fsp3) is 0.500. The molecule has 1 aromatic heterocycles. The van der Waals surface area contributed by atoms with Crippen LogP contribution >= 0.6 is 0 Å². The molecule has 4 N–H and O–H groups in total. The highest BCUT2D eigenvalue weighted by atomic mass is 16.2. The third-order valence-electron chi connectivity index (χ3n) is 2.22. The van der Waals surface area contributed by atoms with Crippen LogP contribution < -0.4 is 16.4 Å². The molecular weight excluding hydrogens is 222 g/mol. The lowest BCUT2D eigenvalue weighted by molar-refractivity contribution is -0.125. The van der Waals surface area contributed by atoms with E-state index < -0.39 is 0 Å². The predicted molar refractivity (Wildman–Crippen MR) is 61.9 cm³/mol. The van der Waals surface area contributed by atoms with Gasteiger partial charge in [0.05, 0.1) is 18.8 Å². The number of aryl methyl sites for hydroxylation is 2. The Morgan fingerprint density at radius 1 is 1.41 bits per heavy atom. The van der Waals surface area contributed by atoms with Crippen LogP contribution in [0.1, 0.15) is 11.3 Å². The summed E-state index contributed by atoms with van der Waals surface area (Å²) in [7, 11) is 1.82. The molecule has 1 heterocycles. The second kappa shape index (κ2) is 6.00. The van der Waals surface area contributed by atoms with Crippen LogP contribution in [0, 0.1) is 6.92 Å². The molecule has 0 bridgehead atoms. The van der Waals surface area contributed by atoms with Crippen molar-refractivity contribution in [2.75, 3.05) is 13.1 Å². The van der Waals surface area contributed by atoms with Crippen molar-refractivity contribution in [2.45, 2.75) is 13.5 Å². The van der Waals surface area contributed by atoms with Crippen LogP contribution in [0.5, 0.6) is 0 Å². The molecule has 0 unspecified atom stereocenters. The van der Waals surface area contributed by atoms with Crippen molar-refractivity contribution in [2.24, 2.45) is 12.8 Å². The second-order valence-electron chi connectivity index (χ2n) is 3.67. The number of nitrogens with one attached hydrogen (secondary N) is 2. The number of hydrogen-bond acceptors (Lipinski definition) is 4. The number of carbonyl (C=O) groups excluding carboxylic acids is 2. The third-order valence-corrected chi connectivity index (χ3v) is 2.22. The number of rotatable bonds is 5. The summed E-state index contributed by atoms with van der Waals surface area (Å²) in [6.45, 7) is 2.10. The van der Waals surface area contributed by atoms with Crippen LogP contribution in [0.4, 0.5) is 0 Å². The van der Waals surface area contributed by atoms with E-state index in [2.05, 4.69) is 15.7 Å². The first-order valence-corrected chi connectivity index (χ1v) is 5.25. The van der Waals surface area contributed by atoms with Gasteiger partial charge in [0.15, 0.2) is 0 Å². The van der Waals surface area contributed by atoms with Gasteiger partial charge in [0.1, 0.15) is 0 Å². The zero-order chi connectivity index (χ0) is 12.8. The summed E-state index contributed by atoms with van der Waals surface area (Å²) in [5, 5.41) is 9.23. The largest absolute Gasteiger partial charge is 0.350 e. The summed E-state index contributed by atoms with van der Waals surface area (Å²) in [5.41, 5.74) is 6.92. The number of aromatic nitrogens is 2. The molecule has 0 saturated heterocycles. The van der Waals surface area contributed by atoms with Gasteiger partial charge >= 0.3 is 0 Å². The summed E-state index contributed by atoms with van der Waals surface area (Å²) in [6, 6.07) is 0. The first-order valence-electron chi connectivity index (χ1n) is 5.25. The van der Waals surface area contributed by atoms with E-state index in [1.54, 1.807) is 4.68 Å². The van der Waals surface area contributed by atoms with E-state index in [4.69, 9.17) is 5.73 Å². The zero-order valence-electron chi connectivity index (χ0n) is 9.99. The summed E-state index contributed by atoms with van der Waals surface area (Å²) < 4.78 is 1.69. The highest BCUT2D eigenvalue weighted by Crippen LogP contribution is 2.03. The minimum absolute atomic E-state index is 0.0602. The topological polar surface area (TPSA) is 102 Å². The van der Waals surface area contributed by atoms with Crippen LogP contribution in [0.15, 0.2) is 6.20 Å². The molecule has 0 spiro atoms. The van der Waals surface area contributed by atoms with Crippen molar-refractivity contribution in [3.05, 3.63) is 17.5 Å². The Hall–Kier alpha value is -1.89. The van der Waals surface area contributed by atoms with Crippen LogP contribution in [0.2, 0.25) is 0 Å². The molecule has 0 aliphatic carbocycles.